The first-order valence-electron chi connectivity index (χ1n) is 10.3. The van der Waals surface area contributed by atoms with Gasteiger partial charge in [0.15, 0.2) is 11.0 Å². The number of thioether (sulfide) groups is 1. The molecule has 0 unspecified atom stereocenters. The van der Waals surface area contributed by atoms with Crippen molar-refractivity contribution in [2.24, 2.45) is 0 Å². The Morgan fingerprint density at radius 2 is 1.72 bits per heavy atom. The van der Waals surface area contributed by atoms with Crippen molar-refractivity contribution in [3.63, 3.8) is 0 Å². The average molecular weight is 445 g/mol. The highest BCUT2D eigenvalue weighted by molar-refractivity contribution is 8.00. The van der Waals surface area contributed by atoms with Crippen LogP contribution in [0.15, 0.2) is 90.1 Å². The zero-order valence-electron chi connectivity index (χ0n) is 17.9. The van der Waals surface area contributed by atoms with Gasteiger partial charge < -0.3 is 10.1 Å². The minimum atomic E-state index is -0.368. The summed E-state index contributed by atoms with van der Waals surface area (Å²) in [4.78, 5) is 12.7. The molecule has 0 fully saturated rings. The summed E-state index contributed by atoms with van der Waals surface area (Å²) in [7, 11) is 0. The van der Waals surface area contributed by atoms with Crippen molar-refractivity contribution in [1.29, 1.82) is 0 Å². The largest absolute Gasteiger partial charge is 0.486 e. The molecule has 0 saturated carbocycles. The lowest BCUT2D eigenvalue weighted by Gasteiger charge is -2.14. The Labute approximate surface area is 191 Å². The van der Waals surface area contributed by atoms with E-state index in [2.05, 4.69) is 15.5 Å². The number of para-hydroxylation sites is 2. The minimum absolute atomic E-state index is 0.0960. The molecule has 0 saturated heterocycles. The second-order valence-corrected chi connectivity index (χ2v) is 8.60. The van der Waals surface area contributed by atoms with Crippen molar-refractivity contribution >= 4 is 23.4 Å². The van der Waals surface area contributed by atoms with E-state index >= 15 is 0 Å². The van der Waals surface area contributed by atoms with Gasteiger partial charge in [0.05, 0.1) is 5.25 Å². The number of hydrogen-bond acceptors (Lipinski definition) is 5. The van der Waals surface area contributed by atoms with Crippen LogP contribution in [0.1, 0.15) is 18.3 Å². The van der Waals surface area contributed by atoms with Crippen LogP contribution in [0.5, 0.6) is 5.75 Å². The normalized spacial score (nSPS) is 11.7. The standard InChI is InChI=1S/C25H24N4O2S/c1-18-10-9-15-22(16-18)31-17-23-27-28-25(29(23)21-13-7-4-8-14-21)32-19(2)24(30)26-20-11-5-3-6-12-20/h3-16,19H,17H2,1-2H3,(H,26,30)/t19-/m1/s1. The van der Waals surface area contributed by atoms with E-state index in [-0.39, 0.29) is 17.8 Å². The molecule has 1 aromatic heterocycles. The van der Waals surface area contributed by atoms with Crippen LogP contribution >= 0.6 is 11.8 Å². The maximum absolute atomic E-state index is 12.7. The number of nitrogens with one attached hydrogen (secondary N) is 1. The molecule has 7 heteroatoms. The van der Waals surface area contributed by atoms with Gasteiger partial charge in [0.25, 0.3) is 0 Å². The molecule has 1 heterocycles. The Hall–Kier alpha value is -3.58. The van der Waals surface area contributed by atoms with Gasteiger partial charge in [-0.15, -0.1) is 10.2 Å². The molecule has 162 valence electrons. The fourth-order valence-electron chi connectivity index (χ4n) is 3.14. The Kier molecular flexibility index (Phi) is 6.87. The van der Waals surface area contributed by atoms with Crippen molar-refractivity contribution in [3.05, 3.63) is 96.3 Å². The smallest absolute Gasteiger partial charge is 0.237 e. The van der Waals surface area contributed by atoms with E-state index in [1.807, 2.05) is 103 Å². The monoisotopic (exact) mass is 444 g/mol. The molecular weight excluding hydrogens is 420 g/mol. The van der Waals surface area contributed by atoms with E-state index in [4.69, 9.17) is 4.74 Å². The zero-order chi connectivity index (χ0) is 22.3. The van der Waals surface area contributed by atoms with Gasteiger partial charge in [0, 0.05) is 11.4 Å². The quantitative estimate of drug-likeness (QED) is 0.375. The first kappa shape index (κ1) is 21.6. The predicted molar refractivity (Wildman–Crippen MR) is 127 cm³/mol. The van der Waals surface area contributed by atoms with E-state index in [0.29, 0.717) is 11.0 Å². The zero-order valence-corrected chi connectivity index (χ0v) is 18.8. The summed E-state index contributed by atoms with van der Waals surface area (Å²) >= 11 is 1.36. The molecule has 32 heavy (non-hydrogen) atoms. The fraction of sp³-hybridized carbons (Fsp3) is 0.160. The van der Waals surface area contributed by atoms with Crippen LogP contribution in [0.2, 0.25) is 0 Å². The highest BCUT2D eigenvalue weighted by Crippen LogP contribution is 2.27. The summed E-state index contributed by atoms with van der Waals surface area (Å²) in [6.45, 7) is 4.14. The van der Waals surface area contributed by atoms with Crippen molar-refractivity contribution < 1.29 is 9.53 Å². The number of benzene rings is 3. The van der Waals surface area contributed by atoms with Crippen LogP contribution in [-0.4, -0.2) is 25.9 Å². The molecule has 1 atom stereocenters. The molecule has 0 aliphatic rings. The molecule has 0 aliphatic carbocycles. The molecule has 0 bridgehead atoms. The number of carbonyl (C=O) groups is 1. The lowest BCUT2D eigenvalue weighted by Crippen LogP contribution is -2.22. The van der Waals surface area contributed by atoms with Crippen molar-refractivity contribution in [2.75, 3.05) is 5.32 Å². The highest BCUT2D eigenvalue weighted by Gasteiger charge is 2.21. The number of anilines is 1. The SMILES string of the molecule is Cc1cccc(OCc2nnc(S[C@H](C)C(=O)Nc3ccccc3)n2-c2ccccc2)c1. The van der Waals surface area contributed by atoms with Gasteiger partial charge in [-0.1, -0.05) is 60.3 Å². The Morgan fingerprint density at radius 1 is 1.00 bits per heavy atom. The van der Waals surface area contributed by atoms with E-state index in [0.717, 1.165) is 22.7 Å². The first-order valence-corrected chi connectivity index (χ1v) is 11.2. The van der Waals surface area contributed by atoms with Crippen LogP contribution < -0.4 is 10.1 Å². The highest BCUT2D eigenvalue weighted by atomic mass is 32.2. The lowest BCUT2D eigenvalue weighted by atomic mass is 10.2. The molecule has 6 nitrogen and oxygen atoms in total. The Morgan fingerprint density at radius 3 is 2.44 bits per heavy atom. The number of ether oxygens (including phenoxy) is 1. The van der Waals surface area contributed by atoms with E-state index in [9.17, 15) is 4.79 Å². The van der Waals surface area contributed by atoms with E-state index in [1.165, 1.54) is 11.8 Å². The summed E-state index contributed by atoms with van der Waals surface area (Å²) in [5.74, 6) is 1.34. The van der Waals surface area contributed by atoms with Gasteiger partial charge >= 0.3 is 0 Å². The summed E-state index contributed by atoms with van der Waals surface area (Å²) in [6.07, 6.45) is 0. The molecule has 1 amide bonds. The third kappa shape index (κ3) is 5.36. The second kappa shape index (κ2) is 10.2. The third-order valence-corrected chi connectivity index (χ3v) is 5.81. The number of amides is 1. The van der Waals surface area contributed by atoms with Gasteiger partial charge in [0.2, 0.25) is 5.91 Å². The molecule has 0 radical (unpaired) electrons. The first-order chi connectivity index (χ1) is 15.6. The number of hydrogen-bond donors (Lipinski definition) is 1. The molecule has 0 aliphatic heterocycles. The number of rotatable bonds is 8. The Balaban J connectivity index is 1.54. The predicted octanol–water partition coefficient (Wildman–Crippen LogP) is 5.27. The second-order valence-electron chi connectivity index (χ2n) is 7.29. The van der Waals surface area contributed by atoms with Gasteiger partial charge in [-0.2, -0.15) is 0 Å². The molecule has 1 N–H and O–H groups in total. The third-order valence-electron chi connectivity index (χ3n) is 4.76. The fourth-order valence-corrected chi connectivity index (χ4v) is 4.02. The van der Waals surface area contributed by atoms with Crippen LogP contribution in [0, 0.1) is 6.92 Å². The van der Waals surface area contributed by atoms with Crippen molar-refractivity contribution in [3.8, 4) is 11.4 Å². The average Bonchev–Trinajstić information content (AvgIpc) is 3.21. The van der Waals surface area contributed by atoms with Gasteiger partial charge in [0.1, 0.15) is 12.4 Å². The Bertz CT molecular complexity index is 1180. The molecule has 3 aromatic carbocycles. The van der Waals surface area contributed by atoms with Gasteiger partial charge in [-0.3, -0.25) is 9.36 Å². The topological polar surface area (TPSA) is 69.0 Å². The number of carbonyl (C=O) groups excluding carboxylic acids is 1. The summed E-state index contributed by atoms with van der Waals surface area (Å²) in [6, 6.07) is 27.1. The molecular formula is C25H24N4O2S. The van der Waals surface area contributed by atoms with Crippen LogP contribution in [0.3, 0.4) is 0 Å². The number of nitrogens with zero attached hydrogens (tertiary/aromatic N) is 3. The van der Waals surface area contributed by atoms with Crippen LogP contribution in [0.4, 0.5) is 5.69 Å². The van der Waals surface area contributed by atoms with Crippen LogP contribution in [0.25, 0.3) is 5.69 Å². The number of aromatic nitrogens is 3. The van der Waals surface area contributed by atoms with Crippen molar-refractivity contribution in [1.82, 2.24) is 14.8 Å². The maximum atomic E-state index is 12.7. The van der Waals surface area contributed by atoms with E-state index in [1.54, 1.807) is 0 Å². The maximum Gasteiger partial charge on any atom is 0.237 e. The van der Waals surface area contributed by atoms with Crippen LogP contribution in [-0.2, 0) is 11.4 Å². The summed E-state index contributed by atoms with van der Waals surface area (Å²) in [5, 5.41) is 11.9. The summed E-state index contributed by atoms with van der Waals surface area (Å²) in [5.41, 5.74) is 2.81. The van der Waals surface area contributed by atoms with Gasteiger partial charge in [-0.05, 0) is 55.8 Å². The van der Waals surface area contributed by atoms with Crippen molar-refractivity contribution in [2.45, 2.75) is 30.9 Å². The number of aryl methyl sites for hydroxylation is 1. The van der Waals surface area contributed by atoms with Gasteiger partial charge in [-0.25, -0.2) is 0 Å². The summed E-state index contributed by atoms with van der Waals surface area (Å²) < 4.78 is 7.91. The minimum Gasteiger partial charge on any atom is -0.486 e. The molecule has 0 spiro atoms. The van der Waals surface area contributed by atoms with E-state index < -0.39 is 0 Å². The molecule has 4 rings (SSSR count). The molecule has 4 aromatic rings. The lowest BCUT2D eigenvalue weighted by molar-refractivity contribution is -0.115.